The Labute approximate surface area is 162 Å². The fourth-order valence-corrected chi connectivity index (χ4v) is 2.77. The average Bonchev–Trinajstić information content (AvgIpc) is 2.68. The normalized spacial score (nSPS) is 12.8. The van der Waals surface area contributed by atoms with Crippen LogP contribution in [0.2, 0.25) is 0 Å². The van der Waals surface area contributed by atoms with Gasteiger partial charge >= 0.3 is 17.9 Å². The monoisotopic (exact) mass is 386 g/mol. The first-order chi connectivity index (χ1) is 12.9. The maximum Gasteiger partial charge on any atom is 0.334 e. The van der Waals surface area contributed by atoms with Crippen molar-refractivity contribution in [2.24, 2.45) is 0 Å². The lowest BCUT2D eigenvalue weighted by Gasteiger charge is -2.15. The lowest BCUT2D eigenvalue weighted by molar-refractivity contribution is -0.143. The van der Waals surface area contributed by atoms with E-state index in [-0.39, 0.29) is 17.6 Å². The maximum absolute atomic E-state index is 12.1. The van der Waals surface area contributed by atoms with Crippen LogP contribution in [0.4, 0.5) is 0 Å². The zero-order chi connectivity index (χ0) is 20.7. The number of ether oxygens (including phenoxy) is 3. The molecule has 1 atom stereocenters. The predicted octanol–water partition coefficient (Wildman–Crippen LogP) is 3.08. The number of rotatable bonds is 14. The van der Waals surface area contributed by atoms with Crippen molar-refractivity contribution in [1.82, 2.24) is 0 Å². The van der Waals surface area contributed by atoms with Crippen molar-refractivity contribution in [3.05, 3.63) is 11.1 Å². The highest BCUT2D eigenvalue weighted by atomic mass is 16.5. The molecular formula is C20H34O7. The minimum atomic E-state index is -0.816. The highest BCUT2D eigenvalue weighted by Crippen LogP contribution is 2.21. The summed E-state index contributed by atoms with van der Waals surface area (Å²) in [6.45, 7) is 2.17. The quantitative estimate of drug-likeness (QED) is 0.212. The highest BCUT2D eigenvalue weighted by Gasteiger charge is 2.26. The predicted molar refractivity (Wildman–Crippen MR) is 101 cm³/mol. The summed E-state index contributed by atoms with van der Waals surface area (Å²) >= 11 is 0. The fraction of sp³-hybridized carbons (Fsp3) is 0.750. The van der Waals surface area contributed by atoms with Crippen LogP contribution in [0.25, 0.3) is 0 Å². The van der Waals surface area contributed by atoms with Gasteiger partial charge in [-0.1, -0.05) is 51.9 Å². The Kier molecular flexibility index (Phi) is 14.1. The molecule has 1 N–H and O–H groups in total. The Bertz CT molecular complexity index is 497. The van der Waals surface area contributed by atoms with E-state index in [1.165, 1.54) is 39.9 Å². The van der Waals surface area contributed by atoms with E-state index in [9.17, 15) is 19.5 Å². The van der Waals surface area contributed by atoms with Gasteiger partial charge in [0.1, 0.15) is 0 Å². The molecule has 0 saturated heterocycles. The summed E-state index contributed by atoms with van der Waals surface area (Å²) < 4.78 is 14.0. The molecule has 0 aromatic heterocycles. The fourth-order valence-electron chi connectivity index (χ4n) is 2.77. The number of esters is 3. The van der Waals surface area contributed by atoms with Crippen LogP contribution in [0.15, 0.2) is 11.1 Å². The Hall–Kier alpha value is -1.89. The smallest absolute Gasteiger partial charge is 0.334 e. The third-order valence-corrected chi connectivity index (χ3v) is 4.36. The van der Waals surface area contributed by atoms with Gasteiger partial charge in [-0.3, -0.25) is 4.79 Å². The minimum Gasteiger partial charge on any atom is -0.469 e. The SMILES string of the molecule is CCCCCCCCC[C@@H](O)C/C(C(=O)OC)=C(\CC(=O)OC)C(=O)OC. The molecule has 0 saturated carbocycles. The van der Waals surface area contributed by atoms with E-state index in [0.717, 1.165) is 26.4 Å². The number of aliphatic hydroxyl groups excluding tert-OH is 1. The Balaban J connectivity index is 4.92. The molecule has 0 aliphatic heterocycles. The molecule has 7 nitrogen and oxygen atoms in total. The molecule has 0 heterocycles. The van der Waals surface area contributed by atoms with Crippen molar-refractivity contribution in [3.63, 3.8) is 0 Å². The number of carbonyl (C=O) groups is 3. The van der Waals surface area contributed by atoms with Crippen LogP contribution in [0.5, 0.6) is 0 Å². The lowest BCUT2D eigenvalue weighted by atomic mass is 9.96. The number of methoxy groups -OCH3 is 3. The van der Waals surface area contributed by atoms with Crippen molar-refractivity contribution in [3.8, 4) is 0 Å². The van der Waals surface area contributed by atoms with Crippen molar-refractivity contribution < 1.29 is 33.7 Å². The van der Waals surface area contributed by atoms with Crippen LogP contribution in [0.1, 0.15) is 71.1 Å². The summed E-state index contributed by atoms with van der Waals surface area (Å²) in [5, 5.41) is 10.3. The number of carbonyl (C=O) groups excluding carboxylic acids is 3. The van der Waals surface area contributed by atoms with E-state index in [1.807, 2.05) is 0 Å². The van der Waals surface area contributed by atoms with Crippen LogP contribution < -0.4 is 0 Å². The van der Waals surface area contributed by atoms with Gasteiger partial charge in [0.25, 0.3) is 0 Å². The number of aliphatic hydroxyl groups is 1. The third kappa shape index (κ3) is 10.8. The molecular weight excluding hydrogens is 352 g/mol. The molecule has 0 aromatic rings. The molecule has 0 bridgehead atoms. The molecule has 0 spiro atoms. The molecule has 0 unspecified atom stereocenters. The number of hydrogen-bond acceptors (Lipinski definition) is 7. The van der Waals surface area contributed by atoms with Crippen molar-refractivity contribution in [2.45, 2.75) is 77.2 Å². The van der Waals surface area contributed by atoms with Gasteiger partial charge in [0.05, 0.1) is 45.0 Å². The molecule has 0 amide bonds. The zero-order valence-electron chi connectivity index (χ0n) is 17.0. The Morgan fingerprint density at radius 1 is 0.778 bits per heavy atom. The van der Waals surface area contributed by atoms with Crippen molar-refractivity contribution >= 4 is 17.9 Å². The van der Waals surface area contributed by atoms with Gasteiger partial charge < -0.3 is 19.3 Å². The van der Waals surface area contributed by atoms with E-state index in [0.29, 0.717) is 6.42 Å². The van der Waals surface area contributed by atoms with E-state index < -0.39 is 30.4 Å². The van der Waals surface area contributed by atoms with E-state index in [4.69, 9.17) is 4.74 Å². The van der Waals surface area contributed by atoms with Gasteiger partial charge in [0, 0.05) is 6.42 Å². The van der Waals surface area contributed by atoms with Gasteiger partial charge in [-0.15, -0.1) is 0 Å². The Morgan fingerprint density at radius 3 is 1.81 bits per heavy atom. The Morgan fingerprint density at radius 2 is 1.30 bits per heavy atom. The van der Waals surface area contributed by atoms with Crippen LogP contribution in [0.3, 0.4) is 0 Å². The summed E-state index contributed by atoms with van der Waals surface area (Å²) in [4.78, 5) is 35.7. The second kappa shape index (κ2) is 15.2. The molecule has 0 rings (SSSR count). The standard InChI is InChI=1S/C20H34O7/c1-5-6-7-8-9-10-11-12-15(21)13-16(19(23)26-3)17(20(24)27-4)14-18(22)25-2/h15,21H,5-14H2,1-4H3/b17-16-/t15-/m1/s1. The summed E-state index contributed by atoms with van der Waals surface area (Å²) in [6, 6.07) is 0. The summed E-state index contributed by atoms with van der Waals surface area (Å²) in [6.07, 6.45) is 6.99. The summed E-state index contributed by atoms with van der Waals surface area (Å²) in [7, 11) is 3.52. The number of hydrogen-bond donors (Lipinski definition) is 1. The first-order valence-electron chi connectivity index (χ1n) is 9.54. The van der Waals surface area contributed by atoms with Crippen molar-refractivity contribution in [1.29, 1.82) is 0 Å². The van der Waals surface area contributed by atoms with Gasteiger partial charge in [0.15, 0.2) is 0 Å². The van der Waals surface area contributed by atoms with Gasteiger partial charge in [-0.05, 0) is 6.42 Å². The zero-order valence-corrected chi connectivity index (χ0v) is 17.0. The average molecular weight is 386 g/mol. The van der Waals surface area contributed by atoms with Gasteiger partial charge in [0.2, 0.25) is 0 Å². The first-order valence-corrected chi connectivity index (χ1v) is 9.54. The van der Waals surface area contributed by atoms with Crippen LogP contribution in [0, 0.1) is 0 Å². The minimum absolute atomic E-state index is 0.0507. The van der Waals surface area contributed by atoms with Crippen molar-refractivity contribution in [2.75, 3.05) is 21.3 Å². The molecule has 0 aliphatic carbocycles. The second-order valence-electron chi connectivity index (χ2n) is 6.46. The molecule has 27 heavy (non-hydrogen) atoms. The van der Waals surface area contributed by atoms with Gasteiger partial charge in [-0.2, -0.15) is 0 Å². The van der Waals surface area contributed by atoms with Crippen LogP contribution in [-0.2, 0) is 28.6 Å². The highest BCUT2D eigenvalue weighted by molar-refractivity contribution is 6.03. The molecule has 0 aromatic carbocycles. The second-order valence-corrected chi connectivity index (χ2v) is 6.46. The topological polar surface area (TPSA) is 99.1 Å². The van der Waals surface area contributed by atoms with Crippen LogP contribution in [-0.4, -0.2) is 50.4 Å². The van der Waals surface area contributed by atoms with E-state index in [2.05, 4.69) is 16.4 Å². The summed E-state index contributed by atoms with van der Waals surface area (Å²) in [5.74, 6) is -2.26. The molecule has 0 radical (unpaired) electrons. The first kappa shape index (κ1) is 25.1. The largest absolute Gasteiger partial charge is 0.469 e. The number of unbranched alkanes of at least 4 members (excludes halogenated alkanes) is 6. The lowest BCUT2D eigenvalue weighted by Crippen LogP contribution is -2.21. The molecule has 7 heteroatoms. The summed E-state index contributed by atoms with van der Waals surface area (Å²) in [5.41, 5.74) is -0.194. The third-order valence-electron chi connectivity index (χ3n) is 4.36. The van der Waals surface area contributed by atoms with Gasteiger partial charge in [-0.25, -0.2) is 9.59 Å². The van der Waals surface area contributed by atoms with E-state index >= 15 is 0 Å². The van der Waals surface area contributed by atoms with Crippen LogP contribution >= 0.6 is 0 Å². The molecule has 0 fully saturated rings. The molecule has 156 valence electrons. The van der Waals surface area contributed by atoms with E-state index in [1.54, 1.807) is 0 Å². The maximum atomic E-state index is 12.1. The molecule has 0 aliphatic rings.